The van der Waals surface area contributed by atoms with Crippen LogP contribution in [0, 0.1) is 5.41 Å². The van der Waals surface area contributed by atoms with Crippen LogP contribution in [0.3, 0.4) is 0 Å². The van der Waals surface area contributed by atoms with Crippen LogP contribution >= 0.6 is 11.6 Å². The Morgan fingerprint density at radius 3 is 2.65 bits per heavy atom. The zero-order valence-corrected chi connectivity index (χ0v) is 13.2. The van der Waals surface area contributed by atoms with Crippen molar-refractivity contribution in [3.8, 4) is 0 Å². The Labute approximate surface area is 126 Å². The van der Waals surface area contributed by atoms with Crippen molar-refractivity contribution >= 4 is 17.5 Å². The van der Waals surface area contributed by atoms with Crippen molar-refractivity contribution in [2.75, 3.05) is 6.54 Å². The van der Waals surface area contributed by atoms with Crippen LogP contribution < -0.4 is 5.73 Å². The van der Waals surface area contributed by atoms with E-state index in [0.29, 0.717) is 0 Å². The number of likely N-dealkylation sites (tertiary alicyclic amines) is 1. The second-order valence-corrected chi connectivity index (χ2v) is 6.96. The second kappa shape index (κ2) is 5.74. The molecule has 1 aliphatic heterocycles. The molecule has 4 heteroatoms. The first-order valence-corrected chi connectivity index (χ1v) is 7.50. The van der Waals surface area contributed by atoms with Crippen molar-refractivity contribution in [1.82, 2.24) is 4.90 Å². The van der Waals surface area contributed by atoms with Gasteiger partial charge in [0, 0.05) is 11.6 Å². The molecule has 1 amide bonds. The zero-order valence-electron chi connectivity index (χ0n) is 12.4. The van der Waals surface area contributed by atoms with Crippen molar-refractivity contribution < 1.29 is 4.79 Å². The first-order valence-electron chi connectivity index (χ1n) is 7.13. The molecule has 2 unspecified atom stereocenters. The van der Waals surface area contributed by atoms with E-state index in [1.165, 1.54) is 0 Å². The van der Waals surface area contributed by atoms with Crippen LogP contribution in [0.4, 0.5) is 0 Å². The Balaban J connectivity index is 2.24. The minimum absolute atomic E-state index is 0.0277. The SMILES string of the molecule is CC(C)(C)C(N)C(=O)N1CCCC1c1ccccc1Cl. The molecule has 0 bridgehead atoms. The minimum Gasteiger partial charge on any atom is -0.334 e. The molecule has 0 spiro atoms. The number of rotatable bonds is 2. The standard InChI is InChI=1S/C16H23ClN2O/c1-16(2,3)14(18)15(20)19-10-6-9-13(19)11-7-4-5-8-12(11)17/h4-5,7-8,13-14H,6,9-10,18H2,1-3H3. The van der Waals surface area contributed by atoms with Gasteiger partial charge in [-0.2, -0.15) is 0 Å². The van der Waals surface area contributed by atoms with E-state index in [-0.39, 0.29) is 17.4 Å². The van der Waals surface area contributed by atoms with Crippen LogP contribution in [-0.4, -0.2) is 23.4 Å². The van der Waals surface area contributed by atoms with E-state index < -0.39 is 6.04 Å². The number of carbonyl (C=O) groups excluding carboxylic acids is 1. The molecule has 1 heterocycles. The third kappa shape index (κ3) is 2.99. The van der Waals surface area contributed by atoms with Crippen LogP contribution in [0.15, 0.2) is 24.3 Å². The predicted molar refractivity (Wildman–Crippen MR) is 82.6 cm³/mol. The van der Waals surface area contributed by atoms with Gasteiger partial charge in [-0.05, 0) is 29.9 Å². The summed E-state index contributed by atoms with van der Waals surface area (Å²) in [6, 6.07) is 7.33. The highest BCUT2D eigenvalue weighted by Gasteiger charge is 2.37. The van der Waals surface area contributed by atoms with Crippen molar-refractivity contribution in [2.45, 2.75) is 45.7 Å². The van der Waals surface area contributed by atoms with Crippen molar-refractivity contribution in [2.24, 2.45) is 11.1 Å². The normalized spacial score (nSPS) is 21.1. The Morgan fingerprint density at radius 2 is 2.05 bits per heavy atom. The van der Waals surface area contributed by atoms with Crippen LogP contribution in [0.5, 0.6) is 0 Å². The monoisotopic (exact) mass is 294 g/mol. The third-order valence-corrected chi connectivity index (χ3v) is 4.34. The number of hydrogen-bond donors (Lipinski definition) is 1. The summed E-state index contributed by atoms with van der Waals surface area (Å²) < 4.78 is 0. The summed E-state index contributed by atoms with van der Waals surface area (Å²) in [6.07, 6.45) is 1.95. The summed E-state index contributed by atoms with van der Waals surface area (Å²) in [4.78, 5) is 14.5. The average molecular weight is 295 g/mol. The number of nitrogens with zero attached hydrogens (tertiary/aromatic N) is 1. The smallest absolute Gasteiger partial charge is 0.240 e. The molecule has 2 rings (SSSR count). The largest absolute Gasteiger partial charge is 0.334 e. The molecule has 0 radical (unpaired) electrons. The highest BCUT2D eigenvalue weighted by atomic mass is 35.5. The predicted octanol–water partition coefficient (Wildman–Crippen LogP) is 3.38. The molecule has 20 heavy (non-hydrogen) atoms. The molecule has 3 nitrogen and oxygen atoms in total. The molecular weight excluding hydrogens is 272 g/mol. The van der Waals surface area contributed by atoms with Gasteiger partial charge in [0.1, 0.15) is 0 Å². The van der Waals surface area contributed by atoms with E-state index in [1.54, 1.807) is 0 Å². The van der Waals surface area contributed by atoms with Gasteiger partial charge in [0.25, 0.3) is 0 Å². The molecule has 0 aromatic heterocycles. The Morgan fingerprint density at radius 1 is 1.40 bits per heavy atom. The summed E-state index contributed by atoms with van der Waals surface area (Å²) >= 11 is 6.27. The fraction of sp³-hybridized carbons (Fsp3) is 0.562. The number of hydrogen-bond acceptors (Lipinski definition) is 2. The van der Waals surface area contributed by atoms with E-state index in [9.17, 15) is 4.79 Å². The molecule has 2 atom stereocenters. The van der Waals surface area contributed by atoms with Gasteiger partial charge in [0.2, 0.25) is 5.91 Å². The molecule has 110 valence electrons. The van der Waals surface area contributed by atoms with E-state index in [4.69, 9.17) is 17.3 Å². The lowest BCUT2D eigenvalue weighted by Crippen LogP contribution is -2.50. The third-order valence-electron chi connectivity index (χ3n) is 4.00. The summed E-state index contributed by atoms with van der Waals surface area (Å²) in [5.41, 5.74) is 6.93. The summed E-state index contributed by atoms with van der Waals surface area (Å²) in [7, 11) is 0. The van der Waals surface area contributed by atoms with Crippen LogP contribution in [0.1, 0.15) is 45.2 Å². The summed E-state index contributed by atoms with van der Waals surface area (Å²) in [6.45, 7) is 6.75. The molecule has 0 aliphatic carbocycles. The highest BCUT2D eigenvalue weighted by molar-refractivity contribution is 6.31. The van der Waals surface area contributed by atoms with Gasteiger partial charge < -0.3 is 10.6 Å². The fourth-order valence-electron chi connectivity index (χ4n) is 2.65. The first kappa shape index (κ1) is 15.3. The van der Waals surface area contributed by atoms with Gasteiger partial charge in [-0.25, -0.2) is 0 Å². The molecule has 1 saturated heterocycles. The van der Waals surface area contributed by atoms with Gasteiger partial charge >= 0.3 is 0 Å². The number of halogens is 1. The molecule has 1 fully saturated rings. The molecular formula is C16H23ClN2O. The van der Waals surface area contributed by atoms with Crippen LogP contribution in [0.25, 0.3) is 0 Å². The summed E-state index contributed by atoms with van der Waals surface area (Å²) in [5, 5.41) is 0.724. The van der Waals surface area contributed by atoms with Crippen molar-refractivity contribution in [3.05, 3.63) is 34.9 Å². The maximum atomic E-state index is 12.6. The Bertz CT molecular complexity index is 495. The van der Waals surface area contributed by atoms with E-state index >= 15 is 0 Å². The minimum atomic E-state index is -0.481. The molecule has 1 aliphatic rings. The van der Waals surface area contributed by atoms with E-state index in [0.717, 1.165) is 30.0 Å². The molecule has 2 N–H and O–H groups in total. The summed E-state index contributed by atoms with van der Waals surface area (Å²) in [5.74, 6) is 0.0277. The number of amides is 1. The molecule has 1 aromatic carbocycles. The number of nitrogens with two attached hydrogens (primary N) is 1. The fourth-order valence-corrected chi connectivity index (χ4v) is 2.91. The van der Waals surface area contributed by atoms with Gasteiger partial charge in [-0.3, -0.25) is 4.79 Å². The molecule has 0 saturated carbocycles. The van der Waals surface area contributed by atoms with Crippen LogP contribution in [0.2, 0.25) is 5.02 Å². The second-order valence-electron chi connectivity index (χ2n) is 6.55. The van der Waals surface area contributed by atoms with E-state index in [2.05, 4.69) is 0 Å². The lowest BCUT2D eigenvalue weighted by atomic mass is 9.86. The first-order chi connectivity index (χ1) is 9.32. The zero-order chi connectivity index (χ0) is 14.9. The number of benzene rings is 1. The lowest BCUT2D eigenvalue weighted by molar-refractivity contribution is -0.135. The quantitative estimate of drug-likeness (QED) is 0.909. The maximum absolute atomic E-state index is 12.6. The van der Waals surface area contributed by atoms with Gasteiger partial charge in [0.15, 0.2) is 0 Å². The number of carbonyl (C=O) groups is 1. The van der Waals surface area contributed by atoms with Gasteiger partial charge in [0.05, 0.1) is 12.1 Å². The van der Waals surface area contributed by atoms with Gasteiger partial charge in [-0.15, -0.1) is 0 Å². The van der Waals surface area contributed by atoms with E-state index in [1.807, 2.05) is 49.9 Å². The Kier molecular flexibility index (Phi) is 4.40. The lowest BCUT2D eigenvalue weighted by Gasteiger charge is -2.33. The highest BCUT2D eigenvalue weighted by Crippen LogP contribution is 2.36. The maximum Gasteiger partial charge on any atom is 0.240 e. The topological polar surface area (TPSA) is 46.3 Å². The molecule has 1 aromatic rings. The Hall–Kier alpha value is -1.06. The average Bonchev–Trinajstić information content (AvgIpc) is 2.85. The van der Waals surface area contributed by atoms with Crippen molar-refractivity contribution in [3.63, 3.8) is 0 Å². The van der Waals surface area contributed by atoms with Gasteiger partial charge in [-0.1, -0.05) is 50.6 Å². The van der Waals surface area contributed by atoms with Crippen molar-refractivity contribution in [1.29, 1.82) is 0 Å². The van der Waals surface area contributed by atoms with Crippen LogP contribution in [-0.2, 0) is 4.79 Å².